The molecule has 1 aromatic heterocycles. The molecule has 0 fully saturated rings. The molecule has 3 N–H and O–H groups in total. The lowest BCUT2D eigenvalue weighted by atomic mass is 10.1. The van der Waals surface area contributed by atoms with Gasteiger partial charge in [-0.25, -0.2) is 0 Å². The summed E-state index contributed by atoms with van der Waals surface area (Å²) >= 11 is 5.87. The second kappa shape index (κ2) is 6.20. The van der Waals surface area contributed by atoms with Crippen LogP contribution in [0.2, 0.25) is 5.02 Å². The molecule has 1 aromatic carbocycles. The first-order valence-electron chi connectivity index (χ1n) is 5.89. The Kier molecular flexibility index (Phi) is 4.36. The van der Waals surface area contributed by atoms with Gasteiger partial charge < -0.3 is 11.1 Å². The largest absolute Gasteiger partial charge is 0.397 e. The van der Waals surface area contributed by atoms with E-state index in [-0.39, 0.29) is 5.91 Å². The lowest BCUT2D eigenvalue weighted by Gasteiger charge is -2.08. The third-order valence-corrected chi connectivity index (χ3v) is 3.05. The maximum absolute atomic E-state index is 11.9. The van der Waals surface area contributed by atoms with Gasteiger partial charge in [0.1, 0.15) is 0 Å². The number of anilines is 1. The van der Waals surface area contributed by atoms with Crippen molar-refractivity contribution in [2.45, 2.75) is 6.42 Å². The van der Waals surface area contributed by atoms with Crippen LogP contribution in [0.5, 0.6) is 0 Å². The zero-order valence-corrected chi connectivity index (χ0v) is 11.0. The summed E-state index contributed by atoms with van der Waals surface area (Å²) in [6.45, 7) is 0.524. The maximum Gasteiger partial charge on any atom is 0.253 e. The number of rotatable bonds is 4. The highest BCUT2D eigenvalue weighted by molar-refractivity contribution is 6.33. The van der Waals surface area contributed by atoms with E-state index in [0.29, 0.717) is 22.8 Å². The van der Waals surface area contributed by atoms with E-state index in [0.717, 1.165) is 12.0 Å². The van der Waals surface area contributed by atoms with Gasteiger partial charge in [0.2, 0.25) is 0 Å². The number of nitrogens with zero attached hydrogens (tertiary/aromatic N) is 1. The van der Waals surface area contributed by atoms with E-state index in [1.807, 2.05) is 12.1 Å². The molecule has 5 heteroatoms. The summed E-state index contributed by atoms with van der Waals surface area (Å²) in [7, 11) is 0. The zero-order valence-electron chi connectivity index (χ0n) is 10.3. The van der Waals surface area contributed by atoms with Crippen LogP contribution in [-0.2, 0) is 6.42 Å². The smallest absolute Gasteiger partial charge is 0.253 e. The Bertz CT molecular complexity index is 572. The standard InChI is InChI=1S/C14H14ClN3O/c15-12-5-1-4-11(13(12)16)14(19)18-8-6-10-3-2-7-17-9-10/h1-5,7,9H,6,8,16H2,(H,18,19). The van der Waals surface area contributed by atoms with Crippen molar-refractivity contribution in [3.8, 4) is 0 Å². The lowest BCUT2D eigenvalue weighted by Crippen LogP contribution is -2.26. The minimum Gasteiger partial charge on any atom is -0.397 e. The molecule has 4 nitrogen and oxygen atoms in total. The number of nitrogens with two attached hydrogens (primary N) is 1. The highest BCUT2D eigenvalue weighted by Crippen LogP contribution is 2.22. The first-order chi connectivity index (χ1) is 9.18. The Morgan fingerprint density at radius 1 is 1.32 bits per heavy atom. The average Bonchev–Trinajstić information content (AvgIpc) is 2.43. The molecule has 1 heterocycles. The predicted octanol–water partition coefficient (Wildman–Crippen LogP) is 2.29. The van der Waals surface area contributed by atoms with E-state index in [4.69, 9.17) is 17.3 Å². The first kappa shape index (κ1) is 13.4. The Hall–Kier alpha value is -2.07. The summed E-state index contributed by atoms with van der Waals surface area (Å²) < 4.78 is 0. The van der Waals surface area contributed by atoms with Crippen LogP contribution in [-0.4, -0.2) is 17.4 Å². The van der Waals surface area contributed by atoms with Gasteiger partial charge in [-0.05, 0) is 30.2 Å². The van der Waals surface area contributed by atoms with Crippen molar-refractivity contribution in [3.63, 3.8) is 0 Å². The van der Waals surface area contributed by atoms with Gasteiger partial charge >= 0.3 is 0 Å². The fraction of sp³-hybridized carbons (Fsp3) is 0.143. The van der Waals surface area contributed by atoms with Crippen LogP contribution in [0.3, 0.4) is 0 Å². The molecule has 0 atom stereocenters. The van der Waals surface area contributed by atoms with Crippen molar-refractivity contribution in [2.24, 2.45) is 0 Å². The summed E-state index contributed by atoms with van der Waals surface area (Å²) in [6, 6.07) is 8.84. The first-order valence-corrected chi connectivity index (χ1v) is 6.27. The topological polar surface area (TPSA) is 68.0 Å². The summed E-state index contributed by atoms with van der Waals surface area (Å²) in [4.78, 5) is 16.0. The number of pyridine rings is 1. The molecule has 1 amide bonds. The molecule has 0 aliphatic rings. The number of hydrogen-bond acceptors (Lipinski definition) is 3. The van der Waals surface area contributed by atoms with Gasteiger partial charge in [0.25, 0.3) is 5.91 Å². The quantitative estimate of drug-likeness (QED) is 0.841. The molecule has 0 unspecified atom stereocenters. The predicted molar refractivity (Wildman–Crippen MR) is 76.1 cm³/mol. The van der Waals surface area contributed by atoms with E-state index in [1.54, 1.807) is 30.6 Å². The molecule has 19 heavy (non-hydrogen) atoms. The normalized spacial score (nSPS) is 10.2. The van der Waals surface area contributed by atoms with Crippen LogP contribution in [0.25, 0.3) is 0 Å². The fourth-order valence-electron chi connectivity index (χ4n) is 1.70. The molecule has 0 saturated heterocycles. The second-order valence-corrected chi connectivity index (χ2v) is 4.48. The molecular weight excluding hydrogens is 262 g/mol. The van der Waals surface area contributed by atoms with Crippen LogP contribution in [0.4, 0.5) is 5.69 Å². The van der Waals surface area contributed by atoms with Gasteiger partial charge in [-0.3, -0.25) is 9.78 Å². The maximum atomic E-state index is 11.9. The van der Waals surface area contributed by atoms with Crippen LogP contribution < -0.4 is 11.1 Å². The van der Waals surface area contributed by atoms with Gasteiger partial charge in [-0.15, -0.1) is 0 Å². The van der Waals surface area contributed by atoms with Crippen molar-refractivity contribution < 1.29 is 4.79 Å². The fourth-order valence-corrected chi connectivity index (χ4v) is 1.87. The van der Waals surface area contributed by atoms with Gasteiger partial charge in [0, 0.05) is 18.9 Å². The molecular formula is C14H14ClN3O. The van der Waals surface area contributed by atoms with Gasteiger partial charge in [-0.2, -0.15) is 0 Å². The third kappa shape index (κ3) is 3.45. The third-order valence-electron chi connectivity index (χ3n) is 2.72. The average molecular weight is 276 g/mol. The van der Waals surface area contributed by atoms with E-state index in [2.05, 4.69) is 10.3 Å². The molecule has 0 radical (unpaired) electrons. The van der Waals surface area contributed by atoms with Gasteiger partial charge in [0.05, 0.1) is 16.3 Å². The van der Waals surface area contributed by atoms with Crippen molar-refractivity contribution in [2.75, 3.05) is 12.3 Å². The van der Waals surface area contributed by atoms with E-state index in [9.17, 15) is 4.79 Å². The SMILES string of the molecule is Nc1c(Cl)cccc1C(=O)NCCc1cccnc1. The summed E-state index contributed by atoms with van der Waals surface area (Å²) in [5.74, 6) is -0.219. The highest BCUT2D eigenvalue weighted by atomic mass is 35.5. The highest BCUT2D eigenvalue weighted by Gasteiger charge is 2.10. The molecule has 0 saturated carbocycles. The number of aromatic nitrogens is 1. The molecule has 0 spiro atoms. The molecule has 2 rings (SSSR count). The number of benzene rings is 1. The Morgan fingerprint density at radius 2 is 2.16 bits per heavy atom. The van der Waals surface area contributed by atoms with Crippen LogP contribution in [0.1, 0.15) is 15.9 Å². The molecule has 2 aromatic rings. The minimum atomic E-state index is -0.219. The van der Waals surface area contributed by atoms with E-state index < -0.39 is 0 Å². The van der Waals surface area contributed by atoms with Crippen molar-refractivity contribution in [1.82, 2.24) is 10.3 Å². The molecule has 0 aliphatic heterocycles. The molecule has 0 aliphatic carbocycles. The van der Waals surface area contributed by atoms with Crippen LogP contribution in [0, 0.1) is 0 Å². The Labute approximate surface area is 116 Å². The number of carbonyl (C=O) groups excluding carboxylic acids is 1. The Morgan fingerprint density at radius 3 is 2.89 bits per heavy atom. The zero-order chi connectivity index (χ0) is 13.7. The number of nitrogens with one attached hydrogen (secondary N) is 1. The number of hydrogen-bond donors (Lipinski definition) is 2. The van der Waals surface area contributed by atoms with Crippen molar-refractivity contribution >= 4 is 23.2 Å². The minimum absolute atomic E-state index is 0.219. The summed E-state index contributed by atoms with van der Waals surface area (Å²) in [5.41, 5.74) is 7.54. The van der Waals surface area contributed by atoms with E-state index in [1.165, 1.54) is 0 Å². The van der Waals surface area contributed by atoms with Gasteiger partial charge in [0.15, 0.2) is 0 Å². The Balaban J connectivity index is 1.93. The van der Waals surface area contributed by atoms with Crippen molar-refractivity contribution in [1.29, 1.82) is 0 Å². The van der Waals surface area contributed by atoms with Crippen LogP contribution in [0.15, 0.2) is 42.7 Å². The van der Waals surface area contributed by atoms with Crippen LogP contribution >= 0.6 is 11.6 Å². The van der Waals surface area contributed by atoms with E-state index >= 15 is 0 Å². The number of carbonyl (C=O) groups is 1. The number of amides is 1. The lowest BCUT2D eigenvalue weighted by molar-refractivity contribution is 0.0955. The monoisotopic (exact) mass is 275 g/mol. The summed E-state index contributed by atoms with van der Waals surface area (Å²) in [6.07, 6.45) is 4.22. The summed E-state index contributed by atoms with van der Waals surface area (Å²) in [5, 5.41) is 3.20. The number of nitrogen functional groups attached to an aromatic ring is 1. The second-order valence-electron chi connectivity index (χ2n) is 4.07. The van der Waals surface area contributed by atoms with Gasteiger partial charge in [-0.1, -0.05) is 23.7 Å². The number of para-hydroxylation sites is 1. The van der Waals surface area contributed by atoms with Crippen molar-refractivity contribution in [3.05, 3.63) is 58.9 Å². The molecule has 0 bridgehead atoms. The molecule has 98 valence electrons. The number of halogens is 1.